The SMILES string of the molecule is COC(=O)/C=C(\C)C[C@@H](OC(C)=O)[C@@]1(C)[C@H](C)CC[C@@]2(C)C(C)=CC(=O)C[C@H]12. The lowest BCUT2D eigenvalue weighted by atomic mass is 9.46. The molecule has 2 aliphatic carbocycles. The van der Waals surface area contributed by atoms with E-state index in [0.717, 1.165) is 24.0 Å². The van der Waals surface area contributed by atoms with E-state index in [0.29, 0.717) is 12.8 Å². The Morgan fingerprint density at radius 3 is 2.54 bits per heavy atom. The molecule has 0 spiro atoms. The van der Waals surface area contributed by atoms with Gasteiger partial charge in [-0.1, -0.05) is 31.9 Å². The van der Waals surface area contributed by atoms with E-state index in [1.165, 1.54) is 20.1 Å². The van der Waals surface area contributed by atoms with E-state index in [4.69, 9.17) is 9.47 Å². The lowest BCUT2D eigenvalue weighted by molar-refractivity contribution is -0.172. The van der Waals surface area contributed by atoms with Gasteiger partial charge in [0.05, 0.1) is 7.11 Å². The van der Waals surface area contributed by atoms with Crippen molar-refractivity contribution in [2.24, 2.45) is 22.7 Å². The molecule has 0 aromatic carbocycles. The van der Waals surface area contributed by atoms with Gasteiger partial charge in [0.1, 0.15) is 6.10 Å². The lowest BCUT2D eigenvalue weighted by Gasteiger charge is -2.59. The smallest absolute Gasteiger partial charge is 0.330 e. The Labute approximate surface area is 168 Å². The van der Waals surface area contributed by atoms with E-state index >= 15 is 0 Å². The molecular weight excluding hydrogens is 356 g/mol. The first-order valence-corrected chi connectivity index (χ1v) is 10.1. The minimum atomic E-state index is -0.419. The van der Waals surface area contributed by atoms with Crippen molar-refractivity contribution in [1.82, 2.24) is 0 Å². The zero-order valence-electron chi connectivity index (χ0n) is 18.3. The molecule has 0 radical (unpaired) electrons. The van der Waals surface area contributed by atoms with Gasteiger partial charge in [-0.05, 0) is 50.0 Å². The number of rotatable bonds is 5. The fourth-order valence-electron chi connectivity index (χ4n) is 5.36. The highest BCUT2D eigenvalue weighted by molar-refractivity contribution is 5.92. The van der Waals surface area contributed by atoms with E-state index < -0.39 is 12.1 Å². The summed E-state index contributed by atoms with van der Waals surface area (Å²) in [5.41, 5.74) is 1.45. The Kier molecular flexibility index (Phi) is 6.57. The highest BCUT2D eigenvalue weighted by atomic mass is 16.5. The number of ketones is 1. The molecule has 0 unspecified atom stereocenters. The minimum Gasteiger partial charge on any atom is -0.466 e. The summed E-state index contributed by atoms with van der Waals surface area (Å²) in [6, 6.07) is 0. The quantitative estimate of drug-likeness (QED) is 0.514. The Morgan fingerprint density at radius 2 is 1.96 bits per heavy atom. The van der Waals surface area contributed by atoms with Crippen molar-refractivity contribution in [3.05, 3.63) is 23.3 Å². The summed E-state index contributed by atoms with van der Waals surface area (Å²) >= 11 is 0. The summed E-state index contributed by atoms with van der Waals surface area (Å²) < 4.78 is 10.6. The molecule has 0 heterocycles. The van der Waals surface area contributed by atoms with Gasteiger partial charge in [-0.25, -0.2) is 4.79 Å². The van der Waals surface area contributed by atoms with Gasteiger partial charge in [0.15, 0.2) is 5.78 Å². The third kappa shape index (κ3) is 4.08. The first-order valence-electron chi connectivity index (χ1n) is 10.1. The van der Waals surface area contributed by atoms with Crippen molar-refractivity contribution in [2.45, 2.75) is 73.3 Å². The highest BCUT2D eigenvalue weighted by Gasteiger charge is 2.58. The van der Waals surface area contributed by atoms with Gasteiger partial charge >= 0.3 is 11.9 Å². The first-order chi connectivity index (χ1) is 12.9. The van der Waals surface area contributed by atoms with E-state index in [9.17, 15) is 14.4 Å². The monoisotopic (exact) mass is 390 g/mol. The van der Waals surface area contributed by atoms with Crippen molar-refractivity contribution in [2.75, 3.05) is 7.11 Å². The molecule has 1 saturated carbocycles. The molecule has 0 amide bonds. The molecule has 5 atom stereocenters. The van der Waals surface area contributed by atoms with Crippen molar-refractivity contribution in [3.63, 3.8) is 0 Å². The molecule has 0 saturated heterocycles. The summed E-state index contributed by atoms with van der Waals surface area (Å²) in [5.74, 6) is -0.261. The van der Waals surface area contributed by atoms with Crippen LogP contribution >= 0.6 is 0 Å². The molecule has 0 aliphatic heterocycles. The van der Waals surface area contributed by atoms with Crippen LogP contribution in [0.4, 0.5) is 0 Å². The number of methoxy groups -OCH3 is 1. The predicted octanol–water partition coefficient (Wildman–Crippen LogP) is 4.41. The third-order valence-electron chi connectivity index (χ3n) is 7.44. The van der Waals surface area contributed by atoms with Crippen LogP contribution in [-0.2, 0) is 23.9 Å². The topological polar surface area (TPSA) is 69.7 Å². The second kappa shape index (κ2) is 8.22. The number of fused-ring (bicyclic) bond motifs is 1. The van der Waals surface area contributed by atoms with E-state index in [2.05, 4.69) is 20.8 Å². The fourth-order valence-corrected chi connectivity index (χ4v) is 5.36. The number of allylic oxidation sites excluding steroid dienone is 2. The van der Waals surface area contributed by atoms with Crippen LogP contribution in [-0.4, -0.2) is 30.9 Å². The summed E-state index contributed by atoms with van der Waals surface area (Å²) in [7, 11) is 1.34. The van der Waals surface area contributed by atoms with Crippen LogP contribution in [0.5, 0.6) is 0 Å². The average molecular weight is 391 g/mol. The van der Waals surface area contributed by atoms with Crippen LogP contribution < -0.4 is 0 Å². The summed E-state index contributed by atoms with van der Waals surface area (Å²) in [5, 5.41) is 0. The Balaban J connectivity index is 2.50. The highest BCUT2D eigenvalue weighted by Crippen LogP contribution is 2.62. The molecule has 0 N–H and O–H groups in total. The van der Waals surface area contributed by atoms with Crippen molar-refractivity contribution in [3.8, 4) is 0 Å². The zero-order valence-corrected chi connectivity index (χ0v) is 18.3. The molecule has 0 aromatic rings. The maximum absolute atomic E-state index is 12.5. The average Bonchev–Trinajstić information content (AvgIpc) is 2.60. The number of carbonyl (C=O) groups is 3. The van der Waals surface area contributed by atoms with Crippen LogP contribution in [0.25, 0.3) is 0 Å². The molecule has 2 aliphatic rings. The summed E-state index contributed by atoms with van der Waals surface area (Å²) in [6.45, 7) is 11.9. The third-order valence-corrected chi connectivity index (χ3v) is 7.44. The van der Waals surface area contributed by atoms with Gasteiger partial charge in [-0.15, -0.1) is 0 Å². The van der Waals surface area contributed by atoms with Crippen molar-refractivity contribution < 1.29 is 23.9 Å². The fraction of sp³-hybridized carbons (Fsp3) is 0.696. The molecule has 1 fully saturated rings. The molecule has 28 heavy (non-hydrogen) atoms. The Bertz CT molecular complexity index is 719. The second-order valence-corrected chi connectivity index (χ2v) is 9.09. The van der Waals surface area contributed by atoms with Crippen LogP contribution in [0.2, 0.25) is 0 Å². The summed E-state index contributed by atoms with van der Waals surface area (Å²) in [4.78, 5) is 36.1. The number of hydrogen-bond acceptors (Lipinski definition) is 5. The molecule has 5 heteroatoms. The molecule has 0 aromatic heterocycles. The van der Waals surface area contributed by atoms with E-state index in [-0.39, 0.29) is 34.4 Å². The van der Waals surface area contributed by atoms with Crippen LogP contribution in [0.3, 0.4) is 0 Å². The largest absolute Gasteiger partial charge is 0.466 e. The van der Waals surface area contributed by atoms with Gasteiger partial charge in [-0.2, -0.15) is 0 Å². The van der Waals surface area contributed by atoms with Crippen LogP contribution in [0.15, 0.2) is 23.3 Å². The molecule has 0 bridgehead atoms. The van der Waals surface area contributed by atoms with Crippen molar-refractivity contribution in [1.29, 1.82) is 0 Å². The standard InChI is InChI=1S/C23H34O5/c1-14(11-21(26)27-7)10-20(28-17(4)24)23(6)15(2)8-9-22(5)16(3)12-18(25)13-19(22)23/h11-12,15,19-20H,8-10,13H2,1-7H3/b14-11+/t15-,19+,20-,22+,23+/m1/s1. The number of ether oxygens (including phenoxy) is 2. The van der Waals surface area contributed by atoms with Gasteiger partial charge in [0.2, 0.25) is 0 Å². The van der Waals surface area contributed by atoms with Crippen LogP contribution in [0.1, 0.15) is 67.2 Å². The molecular formula is C23H34O5. The Morgan fingerprint density at radius 1 is 1.32 bits per heavy atom. The normalized spacial score (nSPS) is 34.2. The predicted molar refractivity (Wildman–Crippen MR) is 107 cm³/mol. The van der Waals surface area contributed by atoms with Gasteiger partial charge in [0.25, 0.3) is 0 Å². The number of esters is 2. The number of hydrogen-bond donors (Lipinski definition) is 0. The van der Waals surface area contributed by atoms with Crippen molar-refractivity contribution >= 4 is 17.7 Å². The zero-order chi connectivity index (χ0) is 21.3. The lowest BCUT2D eigenvalue weighted by Crippen LogP contribution is -2.57. The van der Waals surface area contributed by atoms with Gasteiger partial charge < -0.3 is 9.47 Å². The minimum absolute atomic E-state index is 0.0801. The number of carbonyl (C=O) groups excluding carboxylic acids is 3. The maximum Gasteiger partial charge on any atom is 0.330 e. The van der Waals surface area contributed by atoms with Gasteiger partial charge in [-0.3, -0.25) is 9.59 Å². The van der Waals surface area contributed by atoms with Gasteiger partial charge in [0, 0.05) is 31.3 Å². The summed E-state index contributed by atoms with van der Waals surface area (Å²) in [6.07, 6.45) is 5.75. The second-order valence-electron chi connectivity index (χ2n) is 9.09. The molecule has 156 valence electrons. The Hall–Kier alpha value is -1.91. The van der Waals surface area contributed by atoms with Crippen LogP contribution in [0, 0.1) is 22.7 Å². The maximum atomic E-state index is 12.5. The van der Waals surface area contributed by atoms with E-state index in [1.807, 2.05) is 13.8 Å². The van der Waals surface area contributed by atoms with E-state index in [1.54, 1.807) is 6.08 Å². The molecule has 2 rings (SSSR count). The first kappa shape index (κ1) is 22.4. The molecule has 5 nitrogen and oxygen atoms in total.